The Labute approximate surface area is 105 Å². The molecule has 0 spiro atoms. The summed E-state index contributed by atoms with van der Waals surface area (Å²) < 4.78 is 1.55. The molecule has 5 nitrogen and oxygen atoms in total. The van der Waals surface area contributed by atoms with Gasteiger partial charge in [-0.2, -0.15) is 0 Å². The summed E-state index contributed by atoms with van der Waals surface area (Å²) in [6.45, 7) is 2.16. The number of aromatic amines is 1. The van der Waals surface area contributed by atoms with Gasteiger partial charge in [0.25, 0.3) is 0 Å². The van der Waals surface area contributed by atoms with E-state index in [0.717, 1.165) is 17.6 Å². The van der Waals surface area contributed by atoms with Crippen molar-refractivity contribution in [2.24, 2.45) is 7.05 Å². The van der Waals surface area contributed by atoms with Gasteiger partial charge in [0.2, 0.25) is 0 Å². The molecule has 2 aromatic heterocycles. The SMILES string of the molecule is CN1C=CCC1(C)c1ccc2[nH]c(=O)n(C)c2n1. The highest BCUT2D eigenvalue weighted by Crippen LogP contribution is 2.34. The Morgan fingerprint density at radius 1 is 1.39 bits per heavy atom. The van der Waals surface area contributed by atoms with Crippen LogP contribution in [0, 0.1) is 0 Å². The molecule has 1 aliphatic heterocycles. The molecule has 1 aliphatic rings. The highest BCUT2D eigenvalue weighted by atomic mass is 16.1. The zero-order chi connectivity index (χ0) is 12.9. The van der Waals surface area contributed by atoms with Crippen LogP contribution in [0.4, 0.5) is 0 Å². The van der Waals surface area contributed by atoms with Gasteiger partial charge in [-0.15, -0.1) is 0 Å². The lowest BCUT2D eigenvalue weighted by atomic mass is 9.94. The molecule has 2 aromatic rings. The Hall–Kier alpha value is -2.04. The van der Waals surface area contributed by atoms with Crippen molar-refractivity contribution < 1.29 is 0 Å². The summed E-state index contributed by atoms with van der Waals surface area (Å²) in [6, 6.07) is 3.91. The number of nitrogens with one attached hydrogen (secondary N) is 1. The van der Waals surface area contributed by atoms with Crippen LogP contribution in [0.5, 0.6) is 0 Å². The highest BCUT2D eigenvalue weighted by molar-refractivity contribution is 5.70. The maximum absolute atomic E-state index is 11.6. The average molecular weight is 244 g/mol. The lowest BCUT2D eigenvalue weighted by Crippen LogP contribution is -2.34. The summed E-state index contributed by atoms with van der Waals surface area (Å²) in [5, 5.41) is 0. The van der Waals surface area contributed by atoms with Crippen molar-refractivity contribution in [1.29, 1.82) is 0 Å². The number of pyridine rings is 1. The van der Waals surface area contributed by atoms with Crippen LogP contribution in [0.3, 0.4) is 0 Å². The molecule has 5 heteroatoms. The van der Waals surface area contributed by atoms with E-state index in [9.17, 15) is 4.79 Å². The molecule has 1 unspecified atom stereocenters. The van der Waals surface area contributed by atoms with Crippen LogP contribution in [-0.4, -0.2) is 26.5 Å². The summed E-state index contributed by atoms with van der Waals surface area (Å²) in [7, 11) is 3.78. The first kappa shape index (κ1) is 11.1. The molecule has 1 N–H and O–H groups in total. The predicted molar refractivity (Wildman–Crippen MR) is 70.2 cm³/mol. The molecule has 94 valence electrons. The van der Waals surface area contributed by atoms with Crippen LogP contribution >= 0.6 is 0 Å². The van der Waals surface area contributed by atoms with E-state index in [1.807, 2.05) is 19.2 Å². The van der Waals surface area contributed by atoms with E-state index in [1.165, 1.54) is 0 Å². The molecule has 3 rings (SSSR count). The number of nitrogens with zero attached hydrogens (tertiary/aromatic N) is 3. The first-order valence-corrected chi connectivity index (χ1v) is 5.98. The molecule has 0 radical (unpaired) electrons. The number of H-pyrrole nitrogens is 1. The van der Waals surface area contributed by atoms with E-state index in [2.05, 4.69) is 34.1 Å². The third kappa shape index (κ3) is 1.33. The molecule has 18 heavy (non-hydrogen) atoms. The number of imidazole rings is 1. The van der Waals surface area contributed by atoms with Crippen molar-refractivity contribution in [2.45, 2.75) is 18.9 Å². The molecule has 0 saturated heterocycles. The minimum atomic E-state index is -0.127. The van der Waals surface area contributed by atoms with Gasteiger partial charge in [-0.25, -0.2) is 9.78 Å². The van der Waals surface area contributed by atoms with Crippen LogP contribution in [0.1, 0.15) is 19.0 Å². The summed E-state index contributed by atoms with van der Waals surface area (Å²) in [5.74, 6) is 0. The van der Waals surface area contributed by atoms with Gasteiger partial charge in [-0.3, -0.25) is 4.57 Å². The Balaban J connectivity index is 2.19. The number of fused-ring (bicyclic) bond motifs is 1. The number of aromatic nitrogens is 3. The quantitative estimate of drug-likeness (QED) is 0.823. The van der Waals surface area contributed by atoms with E-state index in [0.29, 0.717) is 5.65 Å². The zero-order valence-electron chi connectivity index (χ0n) is 10.8. The van der Waals surface area contributed by atoms with Gasteiger partial charge in [-0.1, -0.05) is 6.08 Å². The predicted octanol–water partition coefficient (Wildman–Crippen LogP) is 1.33. The van der Waals surface area contributed by atoms with Crippen LogP contribution in [-0.2, 0) is 12.6 Å². The standard InChI is InChI=1S/C13H16N4O/c1-13(7-4-8-16(13)2)10-6-5-9-11(15-10)17(3)12(18)14-9/h4-6,8H,7H2,1-3H3,(H,14,18). The molecule has 0 saturated carbocycles. The first-order chi connectivity index (χ1) is 8.52. The molecular weight excluding hydrogens is 228 g/mol. The topological polar surface area (TPSA) is 53.9 Å². The van der Waals surface area contributed by atoms with Gasteiger partial charge in [0.1, 0.15) is 0 Å². The number of aryl methyl sites for hydroxylation is 1. The van der Waals surface area contributed by atoms with Crippen LogP contribution in [0.15, 0.2) is 29.2 Å². The molecule has 0 aliphatic carbocycles. The Kier molecular flexibility index (Phi) is 2.14. The summed E-state index contributed by atoms with van der Waals surface area (Å²) in [6.07, 6.45) is 5.14. The fourth-order valence-corrected chi connectivity index (χ4v) is 2.43. The number of rotatable bonds is 1. The lowest BCUT2D eigenvalue weighted by molar-refractivity contribution is 0.223. The molecule has 0 aromatic carbocycles. The van der Waals surface area contributed by atoms with E-state index < -0.39 is 0 Å². The van der Waals surface area contributed by atoms with Crippen LogP contribution in [0.25, 0.3) is 11.2 Å². The van der Waals surface area contributed by atoms with Crippen LogP contribution in [0.2, 0.25) is 0 Å². The molecule has 0 bridgehead atoms. The van der Waals surface area contributed by atoms with Gasteiger partial charge >= 0.3 is 5.69 Å². The minimum Gasteiger partial charge on any atom is -0.369 e. The van der Waals surface area contributed by atoms with Gasteiger partial charge < -0.3 is 9.88 Å². The molecule has 0 amide bonds. The van der Waals surface area contributed by atoms with Crippen molar-refractivity contribution in [1.82, 2.24) is 19.4 Å². The normalized spacial score (nSPS) is 23.2. The summed E-state index contributed by atoms with van der Waals surface area (Å²) in [5.41, 5.74) is 2.22. The fraction of sp³-hybridized carbons (Fsp3) is 0.385. The van der Waals surface area contributed by atoms with E-state index in [4.69, 9.17) is 0 Å². The molecule has 3 heterocycles. The van der Waals surface area contributed by atoms with Crippen molar-refractivity contribution in [2.75, 3.05) is 7.05 Å². The Bertz CT molecular complexity index is 697. The average Bonchev–Trinajstić information content (AvgIpc) is 2.83. The van der Waals surface area contributed by atoms with Crippen molar-refractivity contribution >= 4 is 11.2 Å². The maximum Gasteiger partial charge on any atom is 0.327 e. The first-order valence-electron chi connectivity index (χ1n) is 5.98. The van der Waals surface area contributed by atoms with Crippen molar-refractivity contribution in [3.8, 4) is 0 Å². The minimum absolute atomic E-state index is 0.124. The fourth-order valence-electron chi connectivity index (χ4n) is 2.43. The molecular formula is C13H16N4O. The second-order valence-electron chi connectivity index (χ2n) is 5.03. The third-order valence-corrected chi connectivity index (χ3v) is 3.91. The van der Waals surface area contributed by atoms with Crippen LogP contribution < -0.4 is 5.69 Å². The lowest BCUT2D eigenvalue weighted by Gasteiger charge is -2.32. The molecule has 0 fully saturated rings. The summed E-state index contributed by atoms with van der Waals surface area (Å²) >= 11 is 0. The van der Waals surface area contributed by atoms with E-state index in [1.54, 1.807) is 11.6 Å². The number of hydrogen-bond acceptors (Lipinski definition) is 3. The monoisotopic (exact) mass is 244 g/mol. The second kappa shape index (κ2) is 3.48. The smallest absolute Gasteiger partial charge is 0.327 e. The largest absolute Gasteiger partial charge is 0.369 e. The maximum atomic E-state index is 11.6. The van der Waals surface area contributed by atoms with Gasteiger partial charge in [0.15, 0.2) is 5.65 Å². The van der Waals surface area contributed by atoms with Crippen molar-refractivity contribution in [3.05, 3.63) is 40.6 Å². The van der Waals surface area contributed by atoms with Gasteiger partial charge in [-0.05, 0) is 31.7 Å². The second-order valence-corrected chi connectivity index (χ2v) is 5.03. The van der Waals surface area contributed by atoms with E-state index >= 15 is 0 Å². The summed E-state index contributed by atoms with van der Waals surface area (Å²) in [4.78, 5) is 21.2. The van der Waals surface area contributed by atoms with Gasteiger partial charge in [0.05, 0.1) is 16.7 Å². The third-order valence-electron chi connectivity index (χ3n) is 3.91. The zero-order valence-corrected chi connectivity index (χ0v) is 10.8. The Morgan fingerprint density at radius 3 is 2.83 bits per heavy atom. The van der Waals surface area contributed by atoms with Gasteiger partial charge in [0, 0.05) is 14.1 Å². The molecule has 1 atom stereocenters. The Morgan fingerprint density at radius 2 is 2.17 bits per heavy atom. The number of hydrogen-bond donors (Lipinski definition) is 1. The van der Waals surface area contributed by atoms with Crippen molar-refractivity contribution in [3.63, 3.8) is 0 Å². The van der Waals surface area contributed by atoms with E-state index in [-0.39, 0.29) is 11.2 Å². The highest BCUT2D eigenvalue weighted by Gasteiger charge is 2.33.